The molecule has 0 unspecified atom stereocenters. The highest BCUT2D eigenvalue weighted by Crippen LogP contribution is 2.24. The lowest BCUT2D eigenvalue weighted by molar-refractivity contribution is -0.125. The number of aldehydes is 1. The lowest BCUT2D eigenvalue weighted by Gasteiger charge is -2.33. The van der Waals surface area contributed by atoms with E-state index in [1.165, 1.54) is 0 Å². The minimum absolute atomic E-state index is 0.0457. The first kappa shape index (κ1) is 19.7. The van der Waals surface area contributed by atoms with E-state index >= 15 is 0 Å². The molecule has 0 aromatic heterocycles. The largest absolute Gasteiger partial charge is 0.371 e. The fourth-order valence-electron chi connectivity index (χ4n) is 3.33. The van der Waals surface area contributed by atoms with Gasteiger partial charge in [-0.1, -0.05) is 29.3 Å². The van der Waals surface area contributed by atoms with Gasteiger partial charge in [0.1, 0.15) is 6.29 Å². The maximum absolute atomic E-state index is 12.4. The van der Waals surface area contributed by atoms with E-state index < -0.39 is 0 Å². The number of nitrogens with one attached hydrogen (secondary N) is 1. The summed E-state index contributed by atoms with van der Waals surface area (Å²) >= 11 is 11.9. The second kappa shape index (κ2) is 9.25. The molecule has 0 saturated carbocycles. The van der Waals surface area contributed by atoms with Crippen LogP contribution in [-0.2, 0) is 11.2 Å². The van der Waals surface area contributed by atoms with Gasteiger partial charge in [-0.3, -0.25) is 9.59 Å². The molecule has 1 fully saturated rings. The fraction of sp³-hybridized carbons (Fsp3) is 0.333. The lowest BCUT2D eigenvalue weighted by atomic mass is 9.95. The average Bonchev–Trinajstić information content (AvgIpc) is 2.71. The zero-order valence-corrected chi connectivity index (χ0v) is 16.5. The van der Waals surface area contributed by atoms with Crippen LogP contribution in [0.3, 0.4) is 0 Å². The monoisotopic (exact) mass is 404 g/mol. The average molecular weight is 405 g/mol. The summed E-state index contributed by atoms with van der Waals surface area (Å²) in [5, 5.41) is 4.11. The fourth-order valence-corrected chi connectivity index (χ4v) is 3.65. The van der Waals surface area contributed by atoms with Crippen LogP contribution in [0.1, 0.15) is 28.8 Å². The number of rotatable bonds is 6. The number of benzene rings is 2. The van der Waals surface area contributed by atoms with Crippen molar-refractivity contribution in [1.29, 1.82) is 0 Å². The lowest BCUT2D eigenvalue weighted by Crippen LogP contribution is -2.41. The second-order valence-electron chi connectivity index (χ2n) is 6.76. The molecule has 2 aromatic carbocycles. The number of halogens is 2. The Bertz CT molecular complexity index is 800. The van der Waals surface area contributed by atoms with Crippen molar-refractivity contribution in [2.24, 2.45) is 5.92 Å². The zero-order valence-electron chi connectivity index (χ0n) is 15.0. The maximum Gasteiger partial charge on any atom is 0.223 e. The summed E-state index contributed by atoms with van der Waals surface area (Å²) in [6.45, 7) is 2.26. The minimum atomic E-state index is 0.0457. The van der Waals surface area contributed by atoms with Gasteiger partial charge in [0.15, 0.2) is 0 Å². The van der Waals surface area contributed by atoms with Gasteiger partial charge in [-0.25, -0.2) is 0 Å². The zero-order chi connectivity index (χ0) is 19.2. The van der Waals surface area contributed by atoms with E-state index in [-0.39, 0.29) is 11.8 Å². The molecule has 1 amide bonds. The number of anilines is 1. The Labute approximate surface area is 169 Å². The number of nitrogens with zero attached hydrogens (tertiary/aromatic N) is 1. The summed E-state index contributed by atoms with van der Waals surface area (Å²) in [6, 6.07) is 13.1. The van der Waals surface area contributed by atoms with Gasteiger partial charge in [-0.15, -0.1) is 0 Å². The molecule has 27 heavy (non-hydrogen) atoms. The number of piperidine rings is 1. The molecule has 2 aromatic rings. The number of hydrogen-bond donors (Lipinski definition) is 1. The van der Waals surface area contributed by atoms with E-state index in [1.807, 2.05) is 36.4 Å². The molecule has 0 atom stereocenters. The standard InChI is InChI=1S/C21H22Cl2N2O2/c22-19-6-3-15(13-20(19)23)7-10-24-21(27)17-8-11-25(12-9-17)18-4-1-16(14-26)2-5-18/h1-6,13-14,17H,7-12H2,(H,24,27). The quantitative estimate of drug-likeness (QED) is 0.726. The summed E-state index contributed by atoms with van der Waals surface area (Å²) in [5.41, 5.74) is 2.83. The van der Waals surface area contributed by atoms with Crippen molar-refractivity contribution in [1.82, 2.24) is 5.32 Å². The predicted octanol–water partition coefficient (Wildman–Crippen LogP) is 4.38. The van der Waals surface area contributed by atoms with Crippen LogP contribution < -0.4 is 10.2 Å². The number of hydrogen-bond acceptors (Lipinski definition) is 3. The van der Waals surface area contributed by atoms with Crippen molar-refractivity contribution in [3.63, 3.8) is 0 Å². The summed E-state index contributed by atoms with van der Waals surface area (Å²) in [7, 11) is 0. The topological polar surface area (TPSA) is 49.4 Å². The van der Waals surface area contributed by atoms with E-state index in [9.17, 15) is 9.59 Å². The van der Waals surface area contributed by atoms with Crippen molar-refractivity contribution < 1.29 is 9.59 Å². The van der Waals surface area contributed by atoms with Gasteiger partial charge >= 0.3 is 0 Å². The number of amides is 1. The van der Waals surface area contributed by atoms with Crippen LogP contribution >= 0.6 is 23.2 Å². The molecule has 0 spiro atoms. The van der Waals surface area contributed by atoms with E-state index in [0.29, 0.717) is 22.2 Å². The van der Waals surface area contributed by atoms with E-state index in [0.717, 1.165) is 49.9 Å². The highest BCUT2D eigenvalue weighted by molar-refractivity contribution is 6.42. The van der Waals surface area contributed by atoms with Crippen LogP contribution in [0.2, 0.25) is 10.0 Å². The smallest absolute Gasteiger partial charge is 0.223 e. The molecule has 1 N–H and O–H groups in total. The Balaban J connectivity index is 1.43. The van der Waals surface area contributed by atoms with Gasteiger partial charge in [-0.2, -0.15) is 0 Å². The third-order valence-electron chi connectivity index (χ3n) is 4.96. The molecule has 1 aliphatic heterocycles. The van der Waals surface area contributed by atoms with E-state index in [2.05, 4.69) is 10.2 Å². The highest BCUT2D eigenvalue weighted by atomic mass is 35.5. The molecule has 3 rings (SSSR count). The highest BCUT2D eigenvalue weighted by Gasteiger charge is 2.24. The van der Waals surface area contributed by atoms with Crippen LogP contribution in [0.4, 0.5) is 5.69 Å². The van der Waals surface area contributed by atoms with Gasteiger partial charge in [0, 0.05) is 36.8 Å². The Hall–Kier alpha value is -2.04. The first-order valence-electron chi connectivity index (χ1n) is 9.08. The molecule has 1 aliphatic rings. The van der Waals surface area contributed by atoms with Crippen LogP contribution in [0.25, 0.3) is 0 Å². The molecule has 6 heteroatoms. The van der Waals surface area contributed by atoms with Gasteiger partial charge in [0.2, 0.25) is 5.91 Å². The molecule has 1 heterocycles. The Morgan fingerprint density at radius 1 is 1.07 bits per heavy atom. The Morgan fingerprint density at radius 3 is 2.41 bits per heavy atom. The van der Waals surface area contributed by atoms with Crippen molar-refractivity contribution in [2.45, 2.75) is 19.3 Å². The number of carbonyl (C=O) groups is 2. The second-order valence-corrected chi connectivity index (χ2v) is 7.57. The summed E-state index contributed by atoms with van der Waals surface area (Å²) in [4.78, 5) is 25.4. The third kappa shape index (κ3) is 5.24. The molecule has 0 bridgehead atoms. The van der Waals surface area contributed by atoms with E-state index in [4.69, 9.17) is 23.2 Å². The predicted molar refractivity (Wildman–Crippen MR) is 110 cm³/mol. The summed E-state index contributed by atoms with van der Waals surface area (Å²) < 4.78 is 0. The molecule has 1 saturated heterocycles. The van der Waals surface area contributed by atoms with Crippen LogP contribution in [0.15, 0.2) is 42.5 Å². The molecular formula is C21H22Cl2N2O2. The van der Waals surface area contributed by atoms with Crippen LogP contribution in [0.5, 0.6) is 0 Å². The normalized spacial score (nSPS) is 14.8. The van der Waals surface area contributed by atoms with Gasteiger partial charge < -0.3 is 10.2 Å². The minimum Gasteiger partial charge on any atom is -0.371 e. The molecule has 0 aliphatic carbocycles. The molecule has 142 valence electrons. The summed E-state index contributed by atoms with van der Waals surface area (Å²) in [6.07, 6.45) is 3.23. The molecule has 0 radical (unpaired) electrons. The van der Waals surface area contributed by atoms with Gasteiger partial charge in [-0.05, 0) is 61.2 Å². The van der Waals surface area contributed by atoms with Crippen molar-refractivity contribution in [2.75, 3.05) is 24.5 Å². The van der Waals surface area contributed by atoms with Gasteiger partial charge in [0.05, 0.1) is 10.0 Å². The maximum atomic E-state index is 12.4. The molecule has 4 nitrogen and oxygen atoms in total. The van der Waals surface area contributed by atoms with Crippen molar-refractivity contribution >= 4 is 41.1 Å². The first-order valence-corrected chi connectivity index (χ1v) is 9.84. The third-order valence-corrected chi connectivity index (χ3v) is 5.70. The van der Waals surface area contributed by atoms with Crippen molar-refractivity contribution in [3.05, 3.63) is 63.6 Å². The van der Waals surface area contributed by atoms with Crippen LogP contribution in [-0.4, -0.2) is 31.8 Å². The Kier molecular flexibility index (Phi) is 6.75. The van der Waals surface area contributed by atoms with E-state index in [1.54, 1.807) is 6.07 Å². The van der Waals surface area contributed by atoms with Crippen molar-refractivity contribution in [3.8, 4) is 0 Å². The summed E-state index contributed by atoms with van der Waals surface area (Å²) in [5.74, 6) is 0.162. The first-order chi connectivity index (χ1) is 13.1. The Morgan fingerprint density at radius 2 is 1.78 bits per heavy atom. The van der Waals surface area contributed by atoms with Crippen LogP contribution in [0, 0.1) is 5.92 Å². The number of carbonyl (C=O) groups excluding carboxylic acids is 2. The SMILES string of the molecule is O=Cc1ccc(N2CCC(C(=O)NCCc3ccc(Cl)c(Cl)c3)CC2)cc1. The molecular weight excluding hydrogens is 383 g/mol. The van der Waals surface area contributed by atoms with Gasteiger partial charge in [0.25, 0.3) is 0 Å².